The van der Waals surface area contributed by atoms with Crippen LogP contribution in [0.2, 0.25) is 0 Å². The van der Waals surface area contributed by atoms with E-state index in [0.717, 1.165) is 15.4 Å². The van der Waals surface area contributed by atoms with Gasteiger partial charge in [-0.25, -0.2) is 0 Å². The molecule has 0 fully saturated rings. The first-order chi connectivity index (χ1) is 10.5. The molecule has 0 spiro atoms. The van der Waals surface area contributed by atoms with Gasteiger partial charge in [-0.2, -0.15) is 0 Å². The lowest BCUT2D eigenvalue weighted by atomic mass is 10.0. The summed E-state index contributed by atoms with van der Waals surface area (Å²) < 4.78 is 7.50. The number of nitrogen functional groups attached to an aromatic ring is 1. The Bertz CT molecular complexity index is 673. The first-order valence-corrected chi connectivity index (χ1v) is 8.61. The number of ether oxygens (including phenoxy) is 1. The van der Waals surface area contributed by atoms with E-state index in [-0.39, 0.29) is 5.78 Å². The Labute approximate surface area is 147 Å². The first kappa shape index (κ1) is 17.0. The molecular formula is C17H17Br2NO2. The molecule has 0 aliphatic rings. The fourth-order valence-corrected chi connectivity index (χ4v) is 2.92. The van der Waals surface area contributed by atoms with Gasteiger partial charge in [-0.05, 0) is 36.8 Å². The normalized spacial score (nSPS) is 12.0. The summed E-state index contributed by atoms with van der Waals surface area (Å²) in [7, 11) is 0. The van der Waals surface area contributed by atoms with Crippen molar-refractivity contribution in [3.63, 3.8) is 0 Å². The van der Waals surface area contributed by atoms with Gasteiger partial charge in [0.25, 0.3) is 0 Å². The van der Waals surface area contributed by atoms with E-state index >= 15 is 0 Å². The SMILES string of the molecule is CCCC(Oc1cccc(N)c1)C(=O)c1cc(Br)ccc1Br. The van der Waals surface area contributed by atoms with Gasteiger partial charge in [0.15, 0.2) is 6.10 Å². The van der Waals surface area contributed by atoms with Crippen LogP contribution in [0.3, 0.4) is 0 Å². The minimum atomic E-state index is -0.530. The maximum atomic E-state index is 12.8. The van der Waals surface area contributed by atoms with Gasteiger partial charge >= 0.3 is 0 Å². The zero-order valence-corrected chi connectivity index (χ0v) is 15.4. The molecule has 0 heterocycles. The molecule has 0 bridgehead atoms. The average Bonchev–Trinajstić information content (AvgIpc) is 2.49. The molecule has 2 N–H and O–H groups in total. The Morgan fingerprint density at radius 2 is 2.00 bits per heavy atom. The lowest BCUT2D eigenvalue weighted by Crippen LogP contribution is -2.27. The summed E-state index contributed by atoms with van der Waals surface area (Å²) in [5, 5.41) is 0. The Kier molecular flexibility index (Phi) is 6.03. The van der Waals surface area contributed by atoms with Crippen molar-refractivity contribution in [2.45, 2.75) is 25.9 Å². The van der Waals surface area contributed by atoms with Gasteiger partial charge in [0, 0.05) is 26.3 Å². The molecule has 2 aromatic rings. The molecular weight excluding hydrogens is 410 g/mol. The molecule has 5 heteroatoms. The molecule has 2 aromatic carbocycles. The van der Waals surface area contributed by atoms with E-state index in [9.17, 15) is 4.79 Å². The van der Waals surface area contributed by atoms with Gasteiger partial charge in [0.05, 0.1) is 0 Å². The molecule has 0 aromatic heterocycles. The summed E-state index contributed by atoms with van der Waals surface area (Å²) in [5.74, 6) is 0.565. The Morgan fingerprint density at radius 1 is 1.23 bits per heavy atom. The van der Waals surface area contributed by atoms with Crippen LogP contribution in [-0.2, 0) is 0 Å². The summed E-state index contributed by atoms with van der Waals surface area (Å²) in [6, 6.07) is 12.7. The predicted octanol–water partition coefficient (Wildman–Crippen LogP) is 5.22. The Balaban J connectivity index is 2.27. The minimum absolute atomic E-state index is 0.0440. The fraction of sp³-hybridized carbons (Fsp3) is 0.235. The summed E-state index contributed by atoms with van der Waals surface area (Å²) >= 11 is 6.83. The second-order valence-electron chi connectivity index (χ2n) is 4.96. The largest absolute Gasteiger partial charge is 0.482 e. The third-order valence-corrected chi connectivity index (χ3v) is 4.36. The van der Waals surface area contributed by atoms with Gasteiger partial charge in [0.1, 0.15) is 5.75 Å². The maximum absolute atomic E-state index is 12.8. The van der Waals surface area contributed by atoms with E-state index < -0.39 is 6.10 Å². The highest BCUT2D eigenvalue weighted by atomic mass is 79.9. The predicted molar refractivity (Wildman–Crippen MR) is 96.4 cm³/mol. The molecule has 0 aliphatic carbocycles. The number of benzene rings is 2. The highest BCUT2D eigenvalue weighted by molar-refractivity contribution is 9.11. The standard InChI is InChI=1S/C17H17Br2NO2/c1-2-4-16(22-13-6-3-5-12(20)10-13)17(21)14-9-11(18)7-8-15(14)19/h3,5-10,16H,2,4,20H2,1H3. The van der Waals surface area contributed by atoms with E-state index in [0.29, 0.717) is 23.4 Å². The van der Waals surface area contributed by atoms with Crippen molar-refractivity contribution < 1.29 is 9.53 Å². The summed E-state index contributed by atoms with van der Waals surface area (Å²) in [5.41, 5.74) is 6.98. The highest BCUT2D eigenvalue weighted by Gasteiger charge is 2.23. The van der Waals surface area contributed by atoms with Crippen molar-refractivity contribution >= 4 is 43.3 Å². The molecule has 0 amide bonds. The average molecular weight is 427 g/mol. The monoisotopic (exact) mass is 425 g/mol. The number of Topliss-reactive ketones (excluding diaryl/α,β-unsaturated/α-hetero) is 1. The van der Waals surface area contributed by atoms with E-state index in [4.69, 9.17) is 10.5 Å². The molecule has 2 rings (SSSR count). The zero-order chi connectivity index (χ0) is 16.1. The molecule has 1 unspecified atom stereocenters. The van der Waals surface area contributed by atoms with E-state index in [2.05, 4.69) is 31.9 Å². The molecule has 0 radical (unpaired) electrons. The maximum Gasteiger partial charge on any atom is 0.204 e. The van der Waals surface area contributed by atoms with Crippen molar-refractivity contribution in [2.75, 3.05) is 5.73 Å². The van der Waals surface area contributed by atoms with Crippen LogP contribution in [0.25, 0.3) is 0 Å². The van der Waals surface area contributed by atoms with Crippen LogP contribution in [0.1, 0.15) is 30.1 Å². The summed E-state index contributed by atoms with van der Waals surface area (Å²) in [6.07, 6.45) is 0.967. The second kappa shape index (κ2) is 7.79. The van der Waals surface area contributed by atoms with Gasteiger partial charge < -0.3 is 10.5 Å². The van der Waals surface area contributed by atoms with Crippen molar-refractivity contribution in [3.05, 3.63) is 57.0 Å². The quantitative estimate of drug-likeness (QED) is 0.508. The van der Waals surface area contributed by atoms with Gasteiger partial charge in [0.2, 0.25) is 5.78 Å². The van der Waals surface area contributed by atoms with Crippen LogP contribution < -0.4 is 10.5 Å². The van der Waals surface area contributed by atoms with Crippen molar-refractivity contribution in [1.29, 1.82) is 0 Å². The van der Waals surface area contributed by atoms with Crippen LogP contribution in [0.5, 0.6) is 5.75 Å². The lowest BCUT2D eigenvalue weighted by Gasteiger charge is -2.18. The number of rotatable bonds is 6. The third-order valence-electron chi connectivity index (χ3n) is 3.17. The number of hydrogen-bond acceptors (Lipinski definition) is 3. The van der Waals surface area contributed by atoms with Crippen LogP contribution in [0.15, 0.2) is 51.4 Å². The number of ketones is 1. The van der Waals surface area contributed by atoms with Crippen LogP contribution in [-0.4, -0.2) is 11.9 Å². The number of anilines is 1. The molecule has 116 valence electrons. The topological polar surface area (TPSA) is 52.3 Å². The van der Waals surface area contributed by atoms with Crippen molar-refractivity contribution in [1.82, 2.24) is 0 Å². The molecule has 1 atom stereocenters. The summed E-state index contributed by atoms with van der Waals surface area (Å²) in [4.78, 5) is 12.8. The van der Waals surface area contributed by atoms with Gasteiger partial charge in [-0.1, -0.05) is 51.3 Å². The molecule has 3 nitrogen and oxygen atoms in total. The molecule has 0 saturated carbocycles. The van der Waals surface area contributed by atoms with Crippen molar-refractivity contribution in [3.8, 4) is 5.75 Å². The molecule has 22 heavy (non-hydrogen) atoms. The zero-order valence-electron chi connectivity index (χ0n) is 12.2. The number of hydrogen-bond donors (Lipinski definition) is 1. The van der Waals surface area contributed by atoms with E-state index in [1.807, 2.05) is 31.2 Å². The van der Waals surface area contributed by atoms with Gasteiger partial charge in [-0.3, -0.25) is 4.79 Å². The van der Waals surface area contributed by atoms with Crippen LogP contribution in [0, 0.1) is 0 Å². The second-order valence-corrected chi connectivity index (χ2v) is 6.73. The lowest BCUT2D eigenvalue weighted by molar-refractivity contribution is 0.0776. The third kappa shape index (κ3) is 4.34. The fourth-order valence-electron chi connectivity index (χ4n) is 2.12. The minimum Gasteiger partial charge on any atom is -0.482 e. The Morgan fingerprint density at radius 3 is 2.68 bits per heavy atom. The number of carbonyl (C=O) groups excluding carboxylic acids is 1. The first-order valence-electron chi connectivity index (χ1n) is 7.02. The number of carbonyl (C=O) groups is 1. The number of nitrogens with two attached hydrogens (primary N) is 1. The van der Waals surface area contributed by atoms with E-state index in [1.54, 1.807) is 18.2 Å². The van der Waals surface area contributed by atoms with Crippen molar-refractivity contribution in [2.24, 2.45) is 0 Å². The molecule has 0 saturated heterocycles. The summed E-state index contributed by atoms with van der Waals surface area (Å²) in [6.45, 7) is 2.03. The van der Waals surface area contributed by atoms with Crippen LogP contribution in [0.4, 0.5) is 5.69 Å². The Hall–Kier alpha value is -1.33. The highest BCUT2D eigenvalue weighted by Crippen LogP contribution is 2.26. The smallest absolute Gasteiger partial charge is 0.204 e. The van der Waals surface area contributed by atoms with Gasteiger partial charge in [-0.15, -0.1) is 0 Å². The van der Waals surface area contributed by atoms with E-state index in [1.165, 1.54) is 0 Å². The van der Waals surface area contributed by atoms with Crippen LogP contribution >= 0.6 is 31.9 Å². The molecule has 0 aliphatic heterocycles. The number of halogens is 2.